The molecule has 11 rings (SSSR count). The summed E-state index contributed by atoms with van der Waals surface area (Å²) in [6, 6.07) is 36.2. The molecule has 0 spiro atoms. The quantitative estimate of drug-likeness (QED) is 0.109. The molecule has 99 heavy (non-hydrogen) atoms. The van der Waals surface area contributed by atoms with Crippen LogP contribution in [0.5, 0.6) is 0 Å². The van der Waals surface area contributed by atoms with E-state index in [1.54, 1.807) is 48.6 Å². The van der Waals surface area contributed by atoms with Crippen LogP contribution in [0.1, 0.15) is 151 Å². The number of hydrogen-bond acceptors (Lipinski definition) is 22. The van der Waals surface area contributed by atoms with Gasteiger partial charge in [0.05, 0.1) is 39.2 Å². The summed E-state index contributed by atoms with van der Waals surface area (Å²) in [4.78, 5) is 19.8. The fourth-order valence-electron chi connectivity index (χ4n) is 10.2. The molecule has 0 unspecified atom stereocenters. The average Bonchev–Trinajstić information content (AvgIpc) is 1.56. The smallest absolute Gasteiger partial charge is 0.136 e. The van der Waals surface area contributed by atoms with E-state index in [0.29, 0.717) is 20.9 Å². The molecule has 0 atom stereocenters. The summed E-state index contributed by atoms with van der Waals surface area (Å²) in [7, 11) is 0. The molecule has 2 aromatic carbocycles. The van der Waals surface area contributed by atoms with Crippen molar-refractivity contribution in [1.82, 2.24) is 9.97 Å². The molecular weight excluding hydrogens is 1540 g/mol. The first kappa shape index (κ1) is 80.2. The molecule has 0 aliphatic carbocycles. The van der Waals surface area contributed by atoms with E-state index in [-0.39, 0.29) is 49.3 Å². The second kappa shape index (κ2) is 36.3. The SMILES string of the molecule is CCCSC1=C(SCCC)SC(=C2Sc3c4[nH]c(c3S2)C(C)(C)c2ccc(s2)C(C)(C)c2[nH]c(c3c2SC(=C2SC(SCCC)=C(SCCC)S2)S3)C(C)(C)c2ccc(s2)C4(C)C)S1.ClCCl.N#CC(C#N)=c1ccc(=C(C#N)C#N)cc1.N#CC(C#N)=c1ccc(=C(C#N)C#N)cc1. The monoisotopic (exact) mass is 1600 g/mol. The van der Waals surface area contributed by atoms with Gasteiger partial charge >= 0.3 is 0 Å². The van der Waals surface area contributed by atoms with Gasteiger partial charge in [-0.05, 0) is 128 Å². The predicted octanol–water partition coefficient (Wildman–Crippen LogP) is 22.1. The Morgan fingerprint density at radius 1 is 0.333 bits per heavy atom. The van der Waals surface area contributed by atoms with Crippen molar-refractivity contribution in [2.24, 2.45) is 0 Å². The second-order valence-electron chi connectivity index (χ2n) is 24.1. The highest BCUT2D eigenvalue weighted by atomic mass is 35.5. The van der Waals surface area contributed by atoms with Crippen LogP contribution in [0, 0.1) is 90.6 Å². The number of thioether (sulfide) groups is 12. The molecular formula is C73H68Cl2N10S14. The Bertz CT molecular complexity index is 4190. The van der Waals surface area contributed by atoms with Crippen LogP contribution in [0.4, 0.5) is 0 Å². The number of halogens is 2. The van der Waals surface area contributed by atoms with Crippen LogP contribution in [-0.2, 0) is 21.7 Å². The number of benzene rings is 2. The van der Waals surface area contributed by atoms with Gasteiger partial charge in [0.15, 0.2) is 0 Å². The third-order valence-electron chi connectivity index (χ3n) is 15.8. The van der Waals surface area contributed by atoms with Crippen molar-refractivity contribution in [1.29, 1.82) is 42.1 Å². The summed E-state index contributed by atoms with van der Waals surface area (Å²) in [6.07, 6.45) is 4.80. The first-order valence-corrected chi connectivity index (χ1v) is 44.3. The number of nitrogens with one attached hydrogen (secondary N) is 2. The zero-order chi connectivity index (χ0) is 72.0. The highest BCUT2D eigenvalue weighted by Crippen LogP contribution is 2.69. The van der Waals surface area contributed by atoms with Gasteiger partial charge in [-0.25, -0.2) is 0 Å². The number of nitrogens with zero attached hydrogens (tertiary/aromatic N) is 8. The summed E-state index contributed by atoms with van der Waals surface area (Å²) < 4.78 is 11.9. The molecule has 0 saturated carbocycles. The number of rotatable bonds is 12. The fraction of sp³-hybridized carbons (Fsp3) is 0.342. The van der Waals surface area contributed by atoms with E-state index >= 15 is 0 Å². The number of aromatic nitrogens is 2. The number of aromatic amines is 2. The normalized spacial score (nSPS) is 16.1. The van der Waals surface area contributed by atoms with Crippen molar-refractivity contribution in [2.75, 3.05) is 28.4 Å². The Morgan fingerprint density at radius 2 is 0.515 bits per heavy atom. The van der Waals surface area contributed by atoms with Crippen LogP contribution in [0.2, 0.25) is 0 Å². The molecule has 2 N–H and O–H groups in total. The molecule has 10 nitrogen and oxygen atoms in total. The van der Waals surface area contributed by atoms with E-state index in [2.05, 4.69) is 164 Å². The number of H-pyrrole nitrogens is 2. The van der Waals surface area contributed by atoms with Crippen LogP contribution in [0.25, 0.3) is 22.3 Å². The number of thiophene rings is 2. The van der Waals surface area contributed by atoms with Gasteiger partial charge in [-0.2, -0.15) is 42.1 Å². The van der Waals surface area contributed by atoms with Crippen molar-refractivity contribution >= 4 is 209 Å². The number of hydrogen-bond donors (Lipinski definition) is 2. The Hall–Kier alpha value is -4.46. The summed E-state index contributed by atoms with van der Waals surface area (Å²) >= 11 is 38.1. The Balaban J connectivity index is 0.000000290. The first-order valence-electron chi connectivity index (χ1n) is 31.2. The topological polar surface area (TPSA) is 222 Å². The van der Waals surface area contributed by atoms with Crippen molar-refractivity contribution in [2.45, 2.75) is 150 Å². The lowest BCUT2D eigenvalue weighted by atomic mass is 9.86. The van der Waals surface area contributed by atoms with E-state index in [1.165, 1.54) is 193 Å². The lowest BCUT2D eigenvalue weighted by Gasteiger charge is -2.28. The third kappa shape index (κ3) is 17.9. The van der Waals surface area contributed by atoms with Crippen molar-refractivity contribution in [3.63, 3.8) is 0 Å². The number of fused-ring (bicyclic) bond motifs is 14. The van der Waals surface area contributed by atoms with Gasteiger partial charge in [-0.1, -0.05) is 170 Å². The van der Waals surface area contributed by atoms with Crippen LogP contribution in [0.3, 0.4) is 0 Å². The molecule has 5 aliphatic rings. The predicted molar refractivity (Wildman–Crippen MR) is 438 cm³/mol. The highest BCUT2D eigenvalue weighted by Gasteiger charge is 2.46. The van der Waals surface area contributed by atoms with Gasteiger partial charge in [0, 0.05) is 104 Å². The molecule has 26 heteroatoms. The molecule has 9 heterocycles. The van der Waals surface area contributed by atoms with Crippen LogP contribution in [-0.4, -0.2) is 38.3 Å². The minimum absolute atomic E-state index is 0.00187. The zero-order valence-electron chi connectivity index (χ0n) is 56.3. The van der Waals surface area contributed by atoms with Crippen LogP contribution >= 0.6 is 187 Å². The Labute approximate surface area is 651 Å². The maximum Gasteiger partial charge on any atom is 0.136 e. The van der Waals surface area contributed by atoms with Gasteiger partial charge in [0.1, 0.15) is 70.8 Å². The van der Waals surface area contributed by atoms with Gasteiger partial charge in [0.25, 0.3) is 0 Å². The maximum absolute atomic E-state index is 8.63. The van der Waals surface area contributed by atoms with E-state index in [9.17, 15) is 0 Å². The summed E-state index contributed by atoms with van der Waals surface area (Å²) in [5, 5.41) is 71.1. The highest BCUT2D eigenvalue weighted by molar-refractivity contribution is 8.43. The van der Waals surface area contributed by atoms with Gasteiger partial charge < -0.3 is 9.97 Å². The molecule has 8 bridgehead atoms. The second-order valence-corrected chi connectivity index (χ2v) is 41.7. The number of alkyl halides is 2. The average molecular weight is 1610 g/mol. The molecule has 0 amide bonds. The van der Waals surface area contributed by atoms with E-state index in [0.717, 1.165) is 0 Å². The van der Waals surface area contributed by atoms with Gasteiger partial charge in [-0.3, -0.25) is 0 Å². The lowest BCUT2D eigenvalue weighted by Crippen LogP contribution is -2.23. The van der Waals surface area contributed by atoms with Gasteiger partial charge in [0.2, 0.25) is 0 Å². The zero-order valence-corrected chi connectivity index (χ0v) is 69.3. The summed E-state index contributed by atoms with van der Waals surface area (Å²) in [5.74, 6) is 4.71. The maximum atomic E-state index is 8.63. The number of nitriles is 8. The molecule has 6 aromatic rings. The van der Waals surface area contributed by atoms with Crippen molar-refractivity contribution < 1.29 is 0 Å². The molecule has 0 radical (unpaired) electrons. The van der Waals surface area contributed by atoms with Crippen LogP contribution < -0.4 is 20.9 Å². The lowest BCUT2D eigenvalue weighted by molar-refractivity contribution is 0.592. The molecule has 0 fully saturated rings. The fourth-order valence-corrected chi connectivity index (χ4v) is 30.7. The molecule has 5 aliphatic heterocycles. The van der Waals surface area contributed by atoms with Crippen molar-refractivity contribution in [3.05, 3.63) is 170 Å². The Morgan fingerprint density at radius 3 is 0.687 bits per heavy atom. The van der Waals surface area contributed by atoms with E-state index < -0.39 is 0 Å². The van der Waals surface area contributed by atoms with E-state index in [4.69, 9.17) is 65.3 Å². The summed E-state index contributed by atoms with van der Waals surface area (Å²) in [6.45, 7) is 28.9. The summed E-state index contributed by atoms with van der Waals surface area (Å²) in [5.41, 5.74) is 4.54. The Kier molecular flexibility index (Phi) is 29.4. The third-order valence-corrected chi connectivity index (χ3v) is 37.4. The molecule has 508 valence electrons. The van der Waals surface area contributed by atoms with Crippen LogP contribution in [0.15, 0.2) is 126 Å². The molecule has 0 saturated heterocycles. The standard InChI is InChI=1S/C48H58N2S14.2C12H4N4.CH2Cl2/c1-13-21-51-37-38(52-22-14-2)62-43(61-37)41-57-29-30(58-41)34-46(7,8)26-18-20-28(56-26)48(11,12)36-32-31(59-42(60-32)44-63-39(53-23-15-3)40(64-44)54-24-16-4)35(50-36)47(9,10)27-19-17-25(55-27)45(5,6)33(29)49-34;2*13-5-11(6-14)9-1-2-10(4-3-9)12(7-15)8-16;2-1-3/h17-20,49-50H,13-16,21-24H2,1-12H3;2*1-4H;1H2. The molecule has 4 aromatic heterocycles. The largest absolute Gasteiger partial charge is 0.359 e. The van der Waals surface area contributed by atoms with Crippen molar-refractivity contribution in [3.8, 4) is 48.6 Å². The first-order chi connectivity index (χ1) is 47.5. The minimum Gasteiger partial charge on any atom is -0.359 e. The minimum atomic E-state index is -0.223. The van der Waals surface area contributed by atoms with Gasteiger partial charge in [-0.15, -0.1) is 92.9 Å². The van der Waals surface area contributed by atoms with E-state index in [1.807, 2.05) is 117 Å².